The Morgan fingerprint density at radius 2 is 1.95 bits per heavy atom. The number of hydrogen-bond donors (Lipinski definition) is 2. The lowest BCUT2D eigenvalue weighted by molar-refractivity contribution is 0.317. The standard InChI is InChI=1S/C13H21FN2O2S/c1-9(13(2,3)4)16-19(17,18)12-7-10(8-15)5-6-11(12)14/h5-7,9,16H,8,15H2,1-4H3. The van der Waals surface area contributed by atoms with E-state index in [0.717, 1.165) is 6.07 Å². The maximum absolute atomic E-state index is 13.7. The van der Waals surface area contributed by atoms with E-state index in [4.69, 9.17) is 5.73 Å². The Morgan fingerprint density at radius 3 is 2.42 bits per heavy atom. The van der Waals surface area contributed by atoms with E-state index in [0.29, 0.717) is 5.56 Å². The minimum absolute atomic E-state index is 0.164. The lowest BCUT2D eigenvalue weighted by atomic mass is 9.89. The maximum atomic E-state index is 13.7. The molecule has 0 aliphatic carbocycles. The molecule has 0 saturated carbocycles. The van der Waals surface area contributed by atoms with Gasteiger partial charge in [-0.3, -0.25) is 0 Å². The van der Waals surface area contributed by atoms with Crippen molar-refractivity contribution < 1.29 is 12.8 Å². The molecule has 19 heavy (non-hydrogen) atoms. The second kappa shape index (κ2) is 5.56. The van der Waals surface area contributed by atoms with E-state index in [2.05, 4.69) is 4.72 Å². The molecule has 0 bridgehead atoms. The van der Waals surface area contributed by atoms with Crippen LogP contribution in [0.4, 0.5) is 4.39 Å². The molecule has 0 heterocycles. The summed E-state index contributed by atoms with van der Waals surface area (Å²) >= 11 is 0. The zero-order valence-corrected chi connectivity index (χ0v) is 12.5. The van der Waals surface area contributed by atoms with Gasteiger partial charge in [0, 0.05) is 12.6 Å². The summed E-state index contributed by atoms with van der Waals surface area (Å²) < 4.78 is 40.6. The summed E-state index contributed by atoms with van der Waals surface area (Å²) in [5.41, 5.74) is 5.76. The van der Waals surface area contributed by atoms with Crippen molar-refractivity contribution in [3.8, 4) is 0 Å². The Kier molecular flexibility index (Phi) is 4.71. The third-order valence-corrected chi connectivity index (χ3v) is 4.71. The summed E-state index contributed by atoms with van der Waals surface area (Å²) in [6.07, 6.45) is 0. The predicted molar refractivity (Wildman–Crippen MR) is 73.5 cm³/mol. The van der Waals surface area contributed by atoms with Gasteiger partial charge in [0.05, 0.1) is 0 Å². The van der Waals surface area contributed by atoms with Crippen LogP contribution in [0.1, 0.15) is 33.3 Å². The highest BCUT2D eigenvalue weighted by Gasteiger charge is 2.27. The number of rotatable bonds is 4. The first-order valence-electron chi connectivity index (χ1n) is 6.09. The molecule has 0 aliphatic rings. The first-order chi connectivity index (χ1) is 8.58. The van der Waals surface area contributed by atoms with Crippen LogP contribution in [0.25, 0.3) is 0 Å². The van der Waals surface area contributed by atoms with Gasteiger partial charge in [0.2, 0.25) is 10.0 Å². The smallest absolute Gasteiger partial charge is 0.243 e. The van der Waals surface area contributed by atoms with Crippen LogP contribution in [-0.4, -0.2) is 14.5 Å². The van der Waals surface area contributed by atoms with E-state index in [1.165, 1.54) is 12.1 Å². The van der Waals surface area contributed by atoms with Crippen molar-refractivity contribution in [3.63, 3.8) is 0 Å². The lowest BCUT2D eigenvalue weighted by Gasteiger charge is -2.27. The monoisotopic (exact) mass is 288 g/mol. The van der Waals surface area contributed by atoms with Crippen LogP contribution in [0.5, 0.6) is 0 Å². The summed E-state index contributed by atoms with van der Waals surface area (Å²) in [4.78, 5) is -0.355. The van der Waals surface area contributed by atoms with Crippen molar-refractivity contribution in [2.24, 2.45) is 11.1 Å². The Bertz CT molecular complexity index is 550. The minimum Gasteiger partial charge on any atom is -0.326 e. The summed E-state index contributed by atoms with van der Waals surface area (Å²) in [5.74, 6) is -0.772. The molecule has 0 spiro atoms. The Morgan fingerprint density at radius 1 is 1.37 bits per heavy atom. The number of sulfonamides is 1. The molecule has 0 aliphatic heterocycles. The summed E-state index contributed by atoms with van der Waals surface area (Å²) in [7, 11) is -3.89. The van der Waals surface area contributed by atoms with E-state index in [1.807, 2.05) is 20.8 Å². The lowest BCUT2D eigenvalue weighted by Crippen LogP contribution is -2.41. The fraction of sp³-hybridized carbons (Fsp3) is 0.538. The summed E-state index contributed by atoms with van der Waals surface area (Å²) in [6.45, 7) is 7.65. The predicted octanol–water partition coefficient (Wildman–Crippen LogP) is 2.00. The molecule has 1 rings (SSSR count). The highest BCUT2D eigenvalue weighted by Crippen LogP contribution is 2.22. The van der Waals surface area contributed by atoms with Crippen LogP contribution in [0, 0.1) is 11.2 Å². The molecule has 0 fully saturated rings. The van der Waals surface area contributed by atoms with Gasteiger partial charge in [-0.15, -0.1) is 0 Å². The molecule has 1 unspecified atom stereocenters. The maximum Gasteiger partial charge on any atom is 0.243 e. The molecule has 0 radical (unpaired) electrons. The molecule has 0 aromatic heterocycles. The highest BCUT2D eigenvalue weighted by atomic mass is 32.2. The van der Waals surface area contributed by atoms with Crippen molar-refractivity contribution in [3.05, 3.63) is 29.6 Å². The van der Waals surface area contributed by atoms with Gasteiger partial charge in [-0.25, -0.2) is 17.5 Å². The molecular formula is C13H21FN2O2S. The molecule has 1 atom stereocenters. The Hall–Kier alpha value is -0.980. The quantitative estimate of drug-likeness (QED) is 0.890. The fourth-order valence-corrected chi connectivity index (χ4v) is 2.93. The molecule has 108 valence electrons. The second-order valence-corrected chi connectivity index (χ2v) is 7.36. The topological polar surface area (TPSA) is 72.2 Å². The third-order valence-electron chi connectivity index (χ3n) is 3.15. The first-order valence-corrected chi connectivity index (χ1v) is 7.57. The van der Waals surface area contributed by atoms with Crippen LogP contribution < -0.4 is 10.5 Å². The van der Waals surface area contributed by atoms with Gasteiger partial charge in [-0.1, -0.05) is 26.8 Å². The third kappa shape index (κ3) is 3.99. The number of nitrogens with two attached hydrogens (primary N) is 1. The molecule has 0 amide bonds. The van der Waals surface area contributed by atoms with Crippen LogP contribution in [0.3, 0.4) is 0 Å². The summed E-state index contributed by atoms with van der Waals surface area (Å²) in [6, 6.07) is 3.55. The molecule has 6 heteroatoms. The van der Waals surface area contributed by atoms with E-state index in [-0.39, 0.29) is 22.9 Å². The average molecular weight is 288 g/mol. The van der Waals surface area contributed by atoms with Crippen molar-refractivity contribution in [1.29, 1.82) is 0 Å². The van der Waals surface area contributed by atoms with E-state index >= 15 is 0 Å². The average Bonchev–Trinajstić information content (AvgIpc) is 2.27. The van der Waals surface area contributed by atoms with E-state index < -0.39 is 15.8 Å². The molecular weight excluding hydrogens is 267 g/mol. The van der Waals surface area contributed by atoms with Crippen LogP contribution >= 0.6 is 0 Å². The van der Waals surface area contributed by atoms with Gasteiger partial charge in [0.15, 0.2) is 0 Å². The number of nitrogens with one attached hydrogen (secondary N) is 1. The SMILES string of the molecule is CC(NS(=O)(=O)c1cc(CN)ccc1F)C(C)(C)C. The Labute approximate surface area is 114 Å². The van der Waals surface area contributed by atoms with Crippen molar-refractivity contribution in [1.82, 2.24) is 4.72 Å². The van der Waals surface area contributed by atoms with Crippen molar-refractivity contribution in [2.45, 2.75) is 45.2 Å². The summed E-state index contributed by atoms with van der Waals surface area (Å²) in [5, 5.41) is 0. The van der Waals surface area contributed by atoms with Crippen LogP contribution in [0.2, 0.25) is 0 Å². The van der Waals surface area contributed by atoms with E-state index in [9.17, 15) is 12.8 Å². The minimum atomic E-state index is -3.89. The highest BCUT2D eigenvalue weighted by molar-refractivity contribution is 7.89. The fourth-order valence-electron chi connectivity index (χ4n) is 1.35. The molecule has 1 aromatic carbocycles. The van der Waals surface area contributed by atoms with Gasteiger partial charge < -0.3 is 5.73 Å². The van der Waals surface area contributed by atoms with Gasteiger partial charge in [0.1, 0.15) is 10.7 Å². The largest absolute Gasteiger partial charge is 0.326 e. The number of benzene rings is 1. The van der Waals surface area contributed by atoms with Gasteiger partial charge in [-0.2, -0.15) is 0 Å². The molecule has 4 nitrogen and oxygen atoms in total. The zero-order valence-electron chi connectivity index (χ0n) is 11.7. The second-order valence-electron chi connectivity index (χ2n) is 5.68. The van der Waals surface area contributed by atoms with Crippen molar-refractivity contribution >= 4 is 10.0 Å². The first kappa shape index (κ1) is 16.1. The van der Waals surface area contributed by atoms with Gasteiger partial charge in [-0.05, 0) is 30.0 Å². The molecule has 3 N–H and O–H groups in total. The van der Waals surface area contributed by atoms with Gasteiger partial charge >= 0.3 is 0 Å². The van der Waals surface area contributed by atoms with Crippen LogP contribution in [0.15, 0.2) is 23.1 Å². The van der Waals surface area contributed by atoms with Crippen LogP contribution in [-0.2, 0) is 16.6 Å². The normalized spacial score (nSPS) is 14.4. The van der Waals surface area contributed by atoms with Crippen molar-refractivity contribution in [2.75, 3.05) is 0 Å². The number of halogens is 1. The van der Waals surface area contributed by atoms with E-state index in [1.54, 1.807) is 6.92 Å². The molecule has 1 aromatic rings. The zero-order chi connectivity index (χ0) is 14.8. The number of hydrogen-bond acceptors (Lipinski definition) is 3. The Balaban J connectivity index is 3.14. The van der Waals surface area contributed by atoms with Gasteiger partial charge in [0.25, 0.3) is 0 Å². The molecule has 0 saturated heterocycles.